The summed E-state index contributed by atoms with van der Waals surface area (Å²) in [4.78, 5) is 11.3. The zero-order valence-corrected chi connectivity index (χ0v) is 19.2. The third-order valence-electron chi connectivity index (χ3n) is 5.55. The Morgan fingerprint density at radius 1 is 0.969 bits per heavy atom. The summed E-state index contributed by atoms with van der Waals surface area (Å²) >= 11 is 0. The Kier molecular flexibility index (Phi) is 6.73. The van der Waals surface area contributed by atoms with Crippen LogP contribution < -0.4 is 10.7 Å². The van der Waals surface area contributed by atoms with Gasteiger partial charge in [-0.15, -0.1) is 0 Å². The van der Waals surface area contributed by atoms with Gasteiger partial charge in [0.05, 0.1) is 21.7 Å². The van der Waals surface area contributed by atoms with Crippen molar-refractivity contribution in [2.75, 3.05) is 57.1 Å². The highest BCUT2D eigenvalue weighted by atomic mass is 32.2. The van der Waals surface area contributed by atoms with Crippen molar-refractivity contribution >= 4 is 21.5 Å². The first-order valence-electron chi connectivity index (χ1n) is 10.7. The minimum absolute atomic E-state index is 0.174. The largest absolute Gasteiger partial charge is 0.369 e. The van der Waals surface area contributed by atoms with Gasteiger partial charge in [-0.25, -0.2) is 13.4 Å². The molecule has 0 amide bonds. The van der Waals surface area contributed by atoms with Crippen molar-refractivity contribution in [3.8, 4) is 0 Å². The molecule has 1 fully saturated rings. The molecule has 0 radical (unpaired) electrons. The molecule has 3 aromatic rings. The Balaban J connectivity index is 1.56. The number of nitrogens with one attached hydrogen (secondary N) is 2. The molecule has 2 aromatic heterocycles. The summed E-state index contributed by atoms with van der Waals surface area (Å²) in [5, 5.41) is 7.51. The van der Waals surface area contributed by atoms with Crippen LogP contribution in [0.1, 0.15) is 5.69 Å². The second-order valence-electron chi connectivity index (χ2n) is 7.96. The highest BCUT2D eigenvalue weighted by Gasteiger charge is 2.20. The number of nitrogens with zero attached hydrogens (tertiary/aromatic N) is 5. The van der Waals surface area contributed by atoms with Crippen LogP contribution in [0.2, 0.25) is 0 Å². The Morgan fingerprint density at radius 3 is 2.38 bits per heavy atom. The molecule has 0 spiro atoms. The van der Waals surface area contributed by atoms with Crippen LogP contribution in [0.25, 0.3) is 0 Å². The maximum atomic E-state index is 13.2. The quantitative estimate of drug-likeness (QED) is 0.532. The van der Waals surface area contributed by atoms with Gasteiger partial charge in [-0.2, -0.15) is 9.89 Å². The average Bonchev–Trinajstić information content (AvgIpc) is 3.20. The molecule has 1 aliphatic heterocycles. The number of sulfone groups is 1. The summed E-state index contributed by atoms with van der Waals surface area (Å²) in [7, 11) is -1.56. The van der Waals surface area contributed by atoms with Crippen molar-refractivity contribution in [3.63, 3.8) is 0 Å². The third-order valence-corrected chi connectivity index (χ3v) is 7.29. The molecule has 170 valence electrons. The molecule has 10 heteroatoms. The van der Waals surface area contributed by atoms with Crippen LogP contribution >= 0.6 is 0 Å². The van der Waals surface area contributed by atoms with Crippen molar-refractivity contribution in [3.05, 3.63) is 60.4 Å². The molecule has 0 bridgehead atoms. The molecule has 32 heavy (non-hydrogen) atoms. The predicted octanol–water partition coefficient (Wildman–Crippen LogP) is 1.95. The Hall–Kier alpha value is -2.95. The van der Waals surface area contributed by atoms with E-state index < -0.39 is 9.84 Å². The number of hydrogen-bond acceptors (Lipinski definition) is 8. The van der Waals surface area contributed by atoms with E-state index in [0.29, 0.717) is 18.2 Å². The topological polar surface area (TPSA) is 95.4 Å². The van der Waals surface area contributed by atoms with Crippen molar-refractivity contribution in [2.24, 2.45) is 0 Å². The number of rotatable bonds is 8. The Morgan fingerprint density at radius 2 is 1.69 bits per heavy atom. The van der Waals surface area contributed by atoms with E-state index in [1.807, 2.05) is 13.0 Å². The maximum absolute atomic E-state index is 13.2. The van der Waals surface area contributed by atoms with E-state index in [9.17, 15) is 8.42 Å². The lowest BCUT2D eigenvalue weighted by Gasteiger charge is -2.32. The lowest BCUT2D eigenvalue weighted by atomic mass is 10.3. The maximum Gasteiger partial charge on any atom is 0.206 e. The number of hydrogen-bond donors (Lipinski definition) is 2. The normalized spacial score (nSPS) is 15.6. The number of anilines is 2. The summed E-state index contributed by atoms with van der Waals surface area (Å²) in [6, 6.07) is 13.4. The fourth-order valence-electron chi connectivity index (χ4n) is 3.55. The molecule has 1 aliphatic rings. The smallest absolute Gasteiger partial charge is 0.206 e. The molecular formula is C22H29N7O2S. The van der Waals surface area contributed by atoms with E-state index in [4.69, 9.17) is 0 Å². The highest BCUT2D eigenvalue weighted by molar-refractivity contribution is 7.91. The first-order valence-corrected chi connectivity index (χ1v) is 12.1. The summed E-state index contributed by atoms with van der Waals surface area (Å²) in [6.45, 7) is 7.61. The number of likely N-dealkylation sites (N-methyl/N-ethyl adjacent to an activating group) is 1. The second kappa shape index (κ2) is 9.68. The first-order chi connectivity index (χ1) is 15.4. The van der Waals surface area contributed by atoms with Crippen LogP contribution in [0.4, 0.5) is 11.6 Å². The van der Waals surface area contributed by atoms with Gasteiger partial charge in [-0.3, -0.25) is 10.3 Å². The summed E-state index contributed by atoms with van der Waals surface area (Å²) < 4.78 is 26.5. The third kappa shape index (κ3) is 5.26. The summed E-state index contributed by atoms with van der Waals surface area (Å²) in [5.74, 6) is 0.902. The Bertz CT molecular complexity index is 1140. The minimum atomic E-state index is -3.69. The molecule has 0 atom stereocenters. The minimum Gasteiger partial charge on any atom is -0.369 e. The van der Waals surface area contributed by atoms with Gasteiger partial charge in [0.1, 0.15) is 11.6 Å². The first kappa shape index (κ1) is 22.3. The van der Waals surface area contributed by atoms with Crippen LogP contribution in [0.15, 0.2) is 64.5 Å². The van der Waals surface area contributed by atoms with Gasteiger partial charge >= 0.3 is 0 Å². The van der Waals surface area contributed by atoms with Gasteiger partial charge in [0.15, 0.2) is 0 Å². The molecule has 0 saturated carbocycles. The fourth-order valence-corrected chi connectivity index (χ4v) is 4.87. The lowest BCUT2D eigenvalue weighted by molar-refractivity contribution is 0.158. The van der Waals surface area contributed by atoms with Gasteiger partial charge < -0.3 is 10.2 Å². The average molecular weight is 456 g/mol. The molecule has 9 nitrogen and oxygen atoms in total. The van der Waals surface area contributed by atoms with E-state index in [1.165, 1.54) is 6.07 Å². The molecule has 0 unspecified atom stereocenters. The van der Waals surface area contributed by atoms with Crippen molar-refractivity contribution < 1.29 is 8.42 Å². The number of pyridine rings is 1. The van der Waals surface area contributed by atoms with E-state index in [2.05, 4.69) is 37.7 Å². The van der Waals surface area contributed by atoms with Crippen LogP contribution in [-0.4, -0.2) is 79.4 Å². The van der Waals surface area contributed by atoms with Crippen LogP contribution in [0, 0.1) is 6.92 Å². The van der Waals surface area contributed by atoms with Gasteiger partial charge in [0.2, 0.25) is 9.84 Å². The lowest BCUT2D eigenvalue weighted by Crippen LogP contribution is -2.45. The molecule has 4 rings (SSSR count). The SMILES string of the molecule is Cc1ccnn1Nc1cc(S(=O)(=O)c2ccccc2)cc(NCCN2CCN(C)CC2)n1. The van der Waals surface area contributed by atoms with Gasteiger partial charge in [0.25, 0.3) is 0 Å². The highest BCUT2D eigenvalue weighted by Crippen LogP contribution is 2.25. The van der Waals surface area contributed by atoms with E-state index >= 15 is 0 Å². The summed E-state index contributed by atoms with van der Waals surface area (Å²) in [6.07, 6.45) is 1.67. The molecule has 1 saturated heterocycles. The van der Waals surface area contributed by atoms with Crippen molar-refractivity contribution in [2.45, 2.75) is 16.7 Å². The Labute approximate surface area is 189 Å². The predicted molar refractivity (Wildman–Crippen MR) is 125 cm³/mol. The monoisotopic (exact) mass is 455 g/mol. The summed E-state index contributed by atoms with van der Waals surface area (Å²) in [5.41, 5.74) is 3.96. The van der Waals surface area contributed by atoms with Crippen LogP contribution in [-0.2, 0) is 9.84 Å². The zero-order chi connectivity index (χ0) is 22.6. The number of aromatic nitrogens is 3. The fraction of sp³-hybridized carbons (Fsp3) is 0.364. The standard InChI is InChI=1S/C22H29N7O2S/c1-18-8-9-24-29(18)26-22-17-20(32(30,31)19-6-4-3-5-7-19)16-21(25-22)23-10-11-28-14-12-27(2)13-15-28/h3-9,16-17H,10-15H2,1-2H3,(H2,23,25,26). The van der Waals surface area contributed by atoms with E-state index in [-0.39, 0.29) is 9.79 Å². The van der Waals surface area contributed by atoms with Crippen LogP contribution in [0.3, 0.4) is 0 Å². The number of aryl methyl sites for hydroxylation is 1. The molecular weight excluding hydrogens is 426 g/mol. The van der Waals surface area contributed by atoms with E-state index in [1.54, 1.807) is 47.4 Å². The second-order valence-corrected chi connectivity index (χ2v) is 9.91. The van der Waals surface area contributed by atoms with Crippen molar-refractivity contribution in [1.82, 2.24) is 24.7 Å². The zero-order valence-electron chi connectivity index (χ0n) is 18.4. The number of benzene rings is 1. The molecule has 0 aliphatic carbocycles. The molecule has 3 heterocycles. The molecule has 1 aromatic carbocycles. The van der Waals surface area contributed by atoms with E-state index in [0.717, 1.165) is 38.4 Å². The van der Waals surface area contributed by atoms with Gasteiger partial charge in [-0.1, -0.05) is 18.2 Å². The number of piperazine rings is 1. The van der Waals surface area contributed by atoms with Crippen LogP contribution in [0.5, 0.6) is 0 Å². The van der Waals surface area contributed by atoms with Gasteiger partial charge in [0, 0.05) is 45.3 Å². The van der Waals surface area contributed by atoms with Gasteiger partial charge in [-0.05, 0) is 38.2 Å². The van der Waals surface area contributed by atoms with Crippen molar-refractivity contribution in [1.29, 1.82) is 0 Å². The molecule has 2 N–H and O–H groups in total.